The Kier molecular flexibility index (Phi) is 1.85. The third-order valence-electron chi connectivity index (χ3n) is 1.19. The molecule has 0 spiro atoms. The topological polar surface area (TPSA) is 51.4 Å². The van der Waals surface area contributed by atoms with Crippen molar-refractivity contribution in [2.45, 2.75) is 12.5 Å². The molecule has 1 aliphatic heterocycles. The van der Waals surface area contributed by atoms with Crippen molar-refractivity contribution in [3.8, 4) is 0 Å². The third kappa shape index (κ3) is 1.54. The normalized spacial score (nSPS) is 26.0. The van der Waals surface area contributed by atoms with Crippen LogP contribution in [0.4, 0.5) is 0 Å². The van der Waals surface area contributed by atoms with Crippen molar-refractivity contribution < 1.29 is 9.90 Å². The van der Waals surface area contributed by atoms with Crippen LogP contribution in [0.5, 0.6) is 0 Å². The maximum atomic E-state index is 10.2. The zero-order valence-electron chi connectivity index (χ0n) is 4.95. The fourth-order valence-electron chi connectivity index (χ4n) is 0.735. The number of rotatable bonds is 1. The first kappa shape index (κ1) is 6.29. The number of carboxylic acid groups (broad SMARTS) is 1. The summed E-state index contributed by atoms with van der Waals surface area (Å²) in [4.78, 5) is 10.2. The molecule has 1 rings (SSSR count). The Labute approximate surface area is 53.4 Å². The molecule has 1 aliphatic rings. The minimum absolute atomic E-state index is 0.584. The first-order chi connectivity index (χ1) is 4.30. The quantitative estimate of drug-likeness (QED) is 0.503. The lowest BCUT2D eigenvalue weighted by molar-refractivity contribution is -0.138. The van der Waals surface area contributed by atoms with Gasteiger partial charge >= 0.3 is 5.97 Å². The van der Waals surface area contributed by atoms with E-state index in [0.717, 1.165) is 6.42 Å². The summed E-state index contributed by atoms with van der Waals surface area (Å²) in [6, 6.07) is -0.584. The first-order valence-electron chi connectivity index (χ1n) is 2.87. The van der Waals surface area contributed by atoms with E-state index < -0.39 is 12.0 Å². The largest absolute Gasteiger partial charge is 0.480 e. The maximum Gasteiger partial charge on any atom is 0.326 e. The van der Waals surface area contributed by atoms with Crippen molar-refractivity contribution >= 4 is 5.97 Å². The highest BCUT2D eigenvalue weighted by Crippen LogP contribution is 1.97. The van der Waals surface area contributed by atoms with Crippen LogP contribution in [0.15, 0.2) is 12.2 Å². The van der Waals surface area contributed by atoms with E-state index in [-0.39, 0.29) is 0 Å². The van der Waals surface area contributed by atoms with Gasteiger partial charge in [0.15, 0.2) is 0 Å². The summed E-state index contributed by atoms with van der Waals surface area (Å²) in [6.45, 7) is 0.646. The number of hydrogen-bond donors (Lipinski definition) is 1. The average molecular weight is 126 g/mol. The van der Waals surface area contributed by atoms with Gasteiger partial charge in [-0.2, -0.15) is 0 Å². The summed E-state index contributed by atoms with van der Waals surface area (Å²) in [5.41, 5.74) is 0. The molecule has 9 heavy (non-hydrogen) atoms. The fourth-order valence-corrected chi connectivity index (χ4v) is 0.735. The minimum atomic E-state index is -0.856. The number of aliphatic carboxylic acids is 1. The number of nitrogens with zero attached hydrogens (tertiary/aromatic N) is 1. The molecule has 0 aromatic heterocycles. The molecule has 1 radical (unpaired) electrons. The summed E-state index contributed by atoms with van der Waals surface area (Å²) < 4.78 is 0. The van der Waals surface area contributed by atoms with E-state index in [9.17, 15) is 4.79 Å². The third-order valence-corrected chi connectivity index (χ3v) is 1.19. The van der Waals surface area contributed by atoms with Gasteiger partial charge in [0.25, 0.3) is 0 Å². The maximum absolute atomic E-state index is 10.2. The van der Waals surface area contributed by atoms with E-state index in [0.29, 0.717) is 6.54 Å². The molecule has 0 aromatic carbocycles. The molecule has 3 heteroatoms. The van der Waals surface area contributed by atoms with Gasteiger partial charge in [-0.15, -0.1) is 0 Å². The van der Waals surface area contributed by atoms with Gasteiger partial charge < -0.3 is 5.11 Å². The molecule has 0 aromatic rings. The molecule has 1 N–H and O–H groups in total. The van der Waals surface area contributed by atoms with E-state index in [1.54, 1.807) is 6.08 Å². The van der Waals surface area contributed by atoms with E-state index in [1.807, 2.05) is 6.08 Å². The second-order valence-corrected chi connectivity index (χ2v) is 1.91. The predicted molar refractivity (Wildman–Crippen MR) is 32.2 cm³/mol. The van der Waals surface area contributed by atoms with Gasteiger partial charge in [0.1, 0.15) is 6.04 Å². The van der Waals surface area contributed by atoms with Crippen LogP contribution < -0.4 is 5.32 Å². The first-order valence-corrected chi connectivity index (χ1v) is 2.87. The lowest BCUT2D eigenvalue weighted by Crippen LogP contribution is -2.31. The Morgan fingerprint density at radius 2 is 2.56 bits per heavy atom. The van der Waals surface area contributed by atoms with Gasteiger partial charge in [-0.1, -0.05) is 12.2 Å². The Morgan fingerprint density at radius 3 is 2.89 bits per heavy atom. The Bertz CT molecular complexity index is 142. The molecule has 0 amide bonds. The highest BCUT2D eigenvalue weighted by Gasteiger charge is 2.15. The molecule has 1 atom stereocenters. The highest BCUT2D eigenvalue weighted by atomic mass is 16.4. The standard InChI is InChI=1S/C6H8NO2/c8-6(9)5-3-1-2-4-7-5/h1,3,5H,2,4H2,(H,8,9). The summed E-state index contributed by atoms with van der Waals surface area (Å²) in [7, 11) is 0. The Balaban J connectivity index is 2.50. The van der Waals surface area contributed by atoms with Gasteiger partial charge in [0, 0.05) is 6.54 Å². The van der Waals surface area contributed by atoms with Gasteiger partial charge in [0.2, 0.25) is 0 Å². The summed E-state index contributed by atoms with van der Waals surface area (Å²) in [6.07, 6.45) is 4.35. The second kappa shape index (κ2) is 2.64. The molecule has 1 unspecified atom stereocenters. The monoisotopic (exact) mass is 126 g/mol. The summed E-state index contributed by atoms with van der Waals surface area (Å²) >= 11 is 0. The molecule has 0 saturated heterocycles. The van der Waals surface area contributed by atoms with Crippen LogP contribution in [-0.4, -0.2) is 23.7 Å². The summed E-state index contributed by atoms with van der Waals surface area (Å²) in [5, 5.41) is 12.2. The number of carbonyl (C=O) groups is 1. The zero-order valence-corrected chi connectivity index (χ0v) is 4.95. The van der Waals surface area contributed by atoms with Crippen molar-refractivity contribution in [1.82, 2.24) is 5.32 Å². The average Bonchev–Trinajstić information content (AvgIpc) is 1.90. The van der Waals surface area contributed by atoms with Crippen LogP contribution in [0.1, 0.15) is 6.42 Å². The minimum Gasteiger partial charge on any atom is -0.480 e. The van der Waals surface area contributed by atoms with Crippen LogP contribution in [0.2, 0.25) is 0 Å². The van der Waals surface area contributed by atoms with Crippen molar-refractivity contribution in [3.63, 3.8) is 0 Å². The molecule has 1 heterocycles. The molecule has 0 fully saturated rings. The van der Waals surface area contributed by atoms with E-state index in [4.69, 9.17) is 5.11 Å². The Morgan fingerprint density at radius 1 is 1.78 bits per heavy atom. The van der Waals surface area contributed by atoms with Crippen LogP contribution >= 0.6 is 0 Å². The molecule has 0 saturated carbocycles. The second-order valence-electron chi connectivity index (χ2n) is 1.91. The molecule has 0 bridgehead atoms. The van der Waals surface area contributed by atoms with Crippen molar-refractivity contribution in [2.75, 3.05) is 6.54 Å². The molecular formula is C6H8NO2. The molecule has 0 aliphatic carbocycles. The van der Waals surface area contributed by atoms with Gasteiger partial charge in [-0.05, 0) is 6.42 Å². The predicted octanol–water partition coefficient (Wildman–Crippen LogP) is 0.00390. The van der Waals surface area contributed by atoms with Crippen molar-refractivity contribution in [3.05, 3.63) is 12.2 Å². The van der Waals surface area contributed by atoms with Crippen LogP contribution in [0, 0.1) is 0 Å². The molecular weight excluding hydrogens is 118 g/mol. The lowest BCUT2D eigenvalue weighted by Gasteiger charge is -2.10. The fraction of sp³-hybridized carbons (Fsp3) is 0.500. The molecule has 49 valence electrons. The van der Waals surface area contributed by atoms with Crippen molar-refractivity contribution in [2.24, 2.45) is 0 Å². The summed E-state index contributed by atoms with van der Waals surface area (Å²) in [5.74, 6) is -0.856. The van der Waals surface area contributed by atoms with Crippen LogP contribution in [-0.2, 0) is 4.79 Å². The number of carboxylic acids is 1. The number of hydrogen-bond acceptors (Lipinski definition) is 1. The zero-order chi connectivity index (χ0) is 6.69. The SMILES string of the molecule is O=C(O)C1C=CCC[N]1. The van der Waals surface area contributed by atoms with Gasteiger partial charge in [-0.3, -0.25) is 4.79 Å². The van der Waals surface area contributed by atoms with E-state index in [2.05, 4.69) is 5.32 Å². The smallest absolute Gasteiger partial charge is 0.326 e. The van der Waals surface area contributed by atoms with Crippen LogP contribution in [0.25, 0.3) is 0 Å². The lowest BCUT2D eigenvalue weighted by atomic mass is 10.2. The molecule has 3 nitrogen and oxygen atoms in total. The van der Waals surface area contributed by atoms with Crippen molar-refractivity contribution in [1.29, 1.82) is 0 Å². The van der Waals surface area contributed by atoms with E-state index >= 15 is 0 Å². The Hall–Kier alpha value is -0.830. The van der Waals surface area contributed by atoms with Crippen LogP contribution in [0.3, 0.4) is 0 Å². The van der Waals surface area contributed by atoms with Gasteiger partial charge in [0.05, 0.1) is 0 Å². The highest BCUT2D eigenvalue weighted by molar-refractivity contribution is 5.75. The van der Waals surface area contributed by atoms with Gasteiger partial charge in [-0.25, -0.2) is 5.32 Å². The van der Waals surface area contributed by atoms with E-state index in [1.165, 1.54) is 0 Å².